The van der Waals surface area contributed by atoms with Crippen molar-refractivity contribution in [3.63, 3.8) is 0 Å². The molecular weight excluding hydrogens is 314 g/mol. The molecule has 0 saturated carbocycles. The third-order valence-electron chi connectivity index (χ3n) is 4.00. The minimum atomic E-state index is -0.529. The molecule has 0 amide bonds. The third-order valence-corrected chi connectivity index (χ3v) is 4.00. The Morgan fingerprint density at radius 2 is 1.80 bits per heavy atom. The van der Waals surface area contributed by atoms with Crippen LogP contribution in [0.4, 0.5) is 0 Å². The van der Waals surface area contributed by atoms with Crippen molar-refractivity contribution in [3.05, 3.63) is 59.7 Å². The molecule has 0 aliphatic rings. The van der Waals surface area contributed by atoms with Crippen molar-refractivity contribution in [2.45, 2.75) is 32.9 Å². The van der Waals surface area contributed by atoms with Gasteiger partial charge >= 0.3 is 0 Å². The lowest BCUT2D eigenvalue weighted by Gasteiger charge is -2.25. The van der Waals surface area contributed by atoms with Crippen LogP contribution < -0.4 is 9.47 Å². The predicted octanol–water partition coefficient (Wildman–Crippen LogP) is 3.66. The zero-order valence-corrected chi connectivity index (χ0v) is 15.4. The lowest BCUT2D eigenvalue weighted by atomic mass is 10.1. The molecule has 0 radical (unpaired) electrons. The topological polar surface area (TPSA) is 41.9 Å². The summed E-state index contributed by atoms with van der Waals surface area (Å²) in [4.78, 5) is 2.27. The van der Waals surface area contributed by atoms with Gasteiger partial charge in [0, 0.05) is 13.1 Å². The van der Waals surface area contributed by atoms with Gasteiger partial charge in [0.1, 0.15) is 24.2 Å². The van der Waals surface area contributed by atoms with Crippen molar-refractivity contribution in [2.24, 2.45) is 0 Å². The maximum Gasteiger partial charge on any atom is 0.119 e. The average molecular weight is 343 g/mol. The van der Waals surface area contributed by atoms with Gasteiger partial charge in [0.2, 0.25) is 0 Å². The van der Waals surface area contributed by atoms with E-state index in [1.54, 1.807) is 7.11 Å². The van der Waals surface area contributed by atoms with Gasteiger partial charge in [-0.05, 0) is 49.7 Å². The Morgan fingerprint density at radius 3 is 2.44 bits per heavy atom. The summed E-state index contributed by atoms with van der Waals surface area (Å²) in [6.45, 7) is 6.93. The lowest BCUT2D eigenvalue weighted by Crippen LogP contribution is -2.35. The summed E-state index contributed by atoms with van der Waals surface area (Å²) in [5.74, 6) is 1.53. The summed E-state index contributed by atoms with van der Waals surface area (Å²) in [6, 6.07) is 15.9. The van der Waals surface area contributed by atoms with Crippen LogP contribution in [0.15, 0.2) is 48.5 Å². The Balaban J connectivity index is 1.85. The van der Waals surface area contributed by atoms with Gasteiger partial charge in [0.25, 0.3) is 0 Å². The zero-order valence-electron chi connectivity index (χ0n) is 15.4. The fraction of sp³-hybridized carbons (Fsp3) is 0.429. The minimum absolute atomic E-state index is 0.278. The minimum Gasteiger partial charge on any atom is -0.497 e. The number of hydrogen-bond donors (Lipinski definition) is 1. The maximum atomic E-state index is 10.3. The molecule has 4 nitrogen and oxygen atoms in total. The van der Waals surface area contributed by atoms with E-state index in [0.717, 1.165) is 31.0 Å². The summed E-state index contributed by atoms with van der Waals surface area (Å²) < 4.78 is 10.8. The van der Waals surface area contributed by atoms with Crippen LogP contribution >= 0.6 is 0 Å². The third kappa shape index (κ3) is 6.77. The quantitative estimate of drug-likeness (QED) is 0.715. The molecule has 25 heavy (non-hydrogen) atoms. The second-order valence-corrected chi connectivity index (χ2v) is 6.36. The van der Waals surface area contributed by atoms with Crippen molar-refractivity contribution < 1.29 is 14.6 Å². The van der Waals surface area contributed by atoms with Crippen molar-refractivity contribution in [1.82, 2.24) is 4.90 Å². The van der Waals surface area contributed by atoms with Crippen LogP contribution in [0.1, 0.15) is 24.5 Å². The van der Waals surface area contributed by atoms with E-state index in [4.69, 9.17) is 9.47 Å². The largest absolute Gasteiger partial charge is 0.497 e. The highest BCUT2D eigenvalue weighted by Crippen LogP contribution is 2.17. The van der Waals surface area contributed by atoms with Crippen LogP contribution in [-0.4, -0.2) is 42.9 Å². The van der Waals surface area contributed by atoms with Crippen molar-refractivity contribution in [2.75, 3.05) is 26.8 Å². The van der Waals surface area contributed by atoms with E-state index in [1.165, 1.54) is 11.1 Å². The van der Waals surface area contributed by atoms with Gasteiger partial charge in [0.05, 0.1) is 7.11 Å². The number of hydrogen-bond acceptors (Lipinski definition) is 4. The number of aliphatic hydroxyl groups excluding tert-OH is 1. The van der Waals surface area contributed by atoms with E-state index in [9.17, 15) is 5.11 Å². The normalized spacial score (nSPS) is 12.2. The number of methoxy groups -OCH3 is 1. The molecule has 0 fully saturated rings. The smallest absolute Gasteiger partial charge is 0.119 e. The molecule has 0 aliphatic heterocycles. The van der Waals surface area contributed by atoms with Crippen molar-refractivity contribution in [3.8, 4) is 11.5 Å². The van der Waals surface area contributed by atoms with Crippen LogP contribution in [0.2, 0.25) is 0 Å². The molecule has 1 atom stereocenters. The molecule has 0 spiro atoms. The standard InChI is InChI=1S/C21H29NO3/c1-4-12-22(14-18-7-5-6-17(2)13-18)15-19(23)16-25-21-10-8-20(24-3)9-11-21/h5-11,13,19,23H,4,12,14-16H2,1-3H3/t19-/m1/s1. The summed E-state index contributed by atoms with van der Waals surface area (Å²) in [6.07, 6.45) is 0.524. The van der Waals surface area contributed by atoms with E-state index >= 15 is 0 Å². The van der Waals surface area contributed by atoms with Crippen LogP contribution in [-0.2, 0) is 6.54 Å². The second kappa shape index (κ2) is 10.1. The van der Waals surface area contributed by atoms with Crippen LogP contribution in [0.5, 0.6) is 11.5 Å². The molecule has 0 unspecified atom stereocenters. The first kappa shape index (κ1) is 19.3. The Kier molecular flexibility index (Phi) is 7.76. The maximum absolute atomic E-state index is 10.3. The van der Waals surface area contributed by atoms with E-state index in [2.05, 4.69) is 43.0 Å². The van der Waals surface area contributed by atoms with Gasteiger partial charge in [-0.25, -0.2) is 0 Å². The number of aliphatic hydroxyl groups is 1. The van der Waals surface area contributed by atoms with E-state index in [-0.39, 0.29) is 6.61 Å². The Bertz CT molecular complexity index is 627. The number of aryl methyl sites for hydroxylation is 1. The molecule has 0 saturated heterocycles. The van der Waals surface area contributed by atoms with Crippen molar-refractivity contribution >= 4 is 0 Å². The van der Waals surface area contributed by atoms with Crippen LogP contribution in [0, 0.1) is 6.92 Å². The summed E-state index contributed by atoms with van der Waals surface area (Å²) in [5.41, 5.74) is 2.54. The molecule has 4 heteroatoms. The van der Waals surface area contributed by atoms with E-state index in [0.29, 0.717) is 6.54 Å². The Morgan fingerprint density at radius 1 is 1.08 bits per heavy atom. The van der Waals surface area contributed by atoms with Crippen molar-refractivity contribution in [1.29, 1.82) is 0 Å². The molecular formula is C21H29NO3. The van der Waals surface area contributed by atoms with Gasteiger partial charge < -0.3 is 14.6 Å². The highest BCUT2D eigenvalue weighted by Gasteiger charge is 2.13. The fourth-order valence-corrected chi connectivity index (χ4v) is 2.83. The highest BCUT2D eigenvalue weighted by molar-refractivity contribution is 5.31. The Labute approximate surface area is 151 Å². The number of rotatable bonds is 10. The summed E-state index contributed by atoms with van der Waals surface area (Å²) in [7, 11) is 1.64. The molecule has 0 aliphatic carbocycles. The molecule has 0 bridgehead atoms. The Hall–Kier alpha value is -2.04. The number of ether oxygens (including phenoxy) is 2. The van der Waals surface area contributed by atoms with E-state index in [1.807, 2.05) is 24.3 Å². The highest BCUT2D eigenvalue weighted by atomic mass is 16.5. The predicted molar refractivity (Wildman–Crippen MR) is 101 cm³/mol. The summed E-state index contributed by atoms with van der Waals surface area (Å²) >= 11 is 0. The van der Waals surface area contributed by atoms with Gasteiger partial charge in [-0.1, -0.05) is 36.8 Å². The van der Waals surface area contributed by atoms with Gasteiger partial charge in [-0.2, -0.15) is 0 Å². The SMILES string of the molecule is CCCN(Cc1cccc(C)c1)C[C@@H](O)COc1ccc(OC)cc1. The average Bonchev–Trinajstić information content (AvgIpc) is 2.60. The fourth-order valence-electron chi connectivity index (χ4n) is 2.83. The van der Waals surface area contributed by atoms with E-state index < -0.39 is 6.10 Å². The lowest BCUT2D eigenvalue weighted by molar-refractivity contribution is 0.0656. The molecule has 2 aromatic carbocycles. The molecule has 2 aromatic rings. The van der Waals surface area contributed by atoms with Gasteiger partial charge in [-0.3, -0.25) is 4.90 Å². The zero-order chi connectivity index (χ0) is 18.1. The number of benzene rings is 2. The molecule has 136 valence electrons. The number of nitrogens with zero attached hydrogens (tertiary/aromatic N) is 1. The molecule has 2 rings (SSSR count). The van der Waals surface area contributed by atoms with Gasteiger partial charge in [-0.15, -0.1) is 0 Å². The molecule has 1 N–H and O–H groups in total. The molecule has 0 heterocycles. The first-order chi connectivity index (χ1) is 12.1. The molecule has 0 aromatic heterocycles. The second-order valence-electron chi connectivity index (χ2n) is 6.36. The van der Waals surface area contributed by atoms with Crippen LogP contribution in [0.3, 0.4) is 0 Å². The first-order valence-electron chi connectivity index (χ1n) is 8.83. The first-order valence-corrected chi connectivity index (χ1v) is 8.83. The monoisotopic (exact) mass is 343 g/mol. The van der Waals surface area contributed by atoms with Crippen LogP contribution in [0.25, 0.3) is 0 Å². The van der Waals surface area contributed by atoms with Gasteiger partial charge in [0.15, 0.2) is 0 Å². The summed E-state index contributed by atoms with van der Waals surface area (Å²) in [5, 5.41) is 10.3.